The predicted octanol–water partition coefficient (Wildman–Crippen LogP) is 3.56. The van der Waals surface area contributed by atoms with Gasteiger partial charge in [-0.2, -0.15) is 0 Å². The number of fused-ring (bicyclic) bond motifs is 1. The SMILES string of the molecule is CCc1cc2ccc(CN3CCN(C(=O)C4CCC(C)(C)C4)CC3)cc2[nH]c1=O. The average molecular weight is 396 g/mol. The van der Waals surface area contributed by atoms with Crippen LogP contribution in [-0.2, 0) is 17.8 Å². The molecule has 4 rings (SSSR count). The second-order valence-corrected chi connectivity index (χ2v) is 9.60. The minimum Gasteiger partial charge on any atom is -0.340 e. The molecule has 1 atom stereocenters. The standard InChI is InChI=1S/C24H33N3O2/c1-4-18-14-19-6-5-17(13-21(19)25-22(18)28)16-26-9-11-27(12-10-26)23(29)20-7-8-24(2,3)15-20/h5-6,13-14,20H,4,7-12,15-16H2,1-3H3,(H,25,28). The molecule has 29 heavy (non-hydrogen) atoms. The van der Waals surface area contributed by atoms with E-state index in [9.17, 15) is 9.59 Å². The maximum atomic E-state index is 12.9. The third-order valence-corrected chi connectivity index (χ3v) is 6.78. The molecule has 0 spiro atoms. The smallest absolute Gasteiger partial charge is 0.251 e. The lowest BCUT2D eigenvalue weighted by molar-refractivity contribution is -0.137. The molecule has 2 aromatic rings. The second-order valence-electron chi connectivity index (χ2n) is 9.60. The summed E-state index contributed by atoms with van der Waals surface area (Å²) in [4.78, 5) is 32.5. The summed E-state index contributed by atoms with van der Waals surface area (Å²) in [6.45, 7) is 10.9. The highest BCUT2D eigenvalue weighted by Gasteiger charge is 2.37. The molecule has 0 radical (unpaired) electrons. The molecule has 1 amide bonds. The summed E-state index contributed by atoms with van der Waals surface area (Å²) in [7, 11) is 0. The molecule has 156 valence electrons. The lowest BCUT2D eigenvalue weighted by Gasteiger charge is -2.36. The fraction of sp³-hybridized carbons (Fsp3) is 0.583. The van der Waals surface area contributed by atoms with Gasteiger partial charge in [0.15, 0.2) is 0 Å². The van der Waals surface area contributed by atoms with Crippen LogP contribution in [0, 0.1) is 11.3 Å². The number of nitrogens with one attached hydrogen (secondary N) is 1. The normalized spacial score (nSPS) is 22.3. The van der Waals surface area contributed by atoms with Gasteiger partial charge in [-0.15, -0.1) is 0 Å². The number of rotatable bonds is 4. The van der Waals surface area contributed by atoms with Crippen molar-refractivity contribution in [2.45, 2.75) is 53.0 Å². The maximum absolute atomic E-state index is 12.9. The summed E-state index contributed by atoms with van der Waals surface area (Å²) in [5.74, 6) is 0.590. The molecular weight excluding hydrogens is 362 g/mol. The zero-order valence-electron chi connectivity index (χ0n) is 18.0. The molecule has 1 saturated carbocycles. The number of piperazine rings is 1. The van der Waals surface area contributed by atoms with Crippen molar-refractivity contribution in [1.29, 1.82) is 0 Å². The van der Waals surface area contributed by atoms with E-state index in [1.807, 2.05) is 13.0 Å². The number of carbonyl (C=O) groups excluding carboxylic acids is 1. The molecule has 1 N–H and O–H groups in total. The average Bonchev–Trinajstić information content (AvgIpc) is 3.07. The van der Waals surface area contributed by atoms with Gasteiger partial charge in [-0.25, -0.2) is 0 Å². The molecule has 1 aliphatic heterocycles. The summed E-state index contributed by atoms with van der Waals surface area (Å²) in [6, 6.07) is 8.33. The number of hydrogen-bond donors (Lipinski definition) is 1. The van der Waals surface area contributed by atoms with E-state index in [0.29, 0.717) is 11.3 Å². The Labute approximate surface area is 173 Å². The maximum Gasteiger partial charge on any atom is 0.251 e. The number of H-pyrrole nitrogens is 1. The predicted molar refractivity (Wildman–Crippen MR) is 117 cm³/mol. The van der Waals surface area contributed by atoms with Crippen LogP contribution in [0.3, 0.4) is 0 Å². The van der Waals surface area contributed by atoms with Crippen LogP contribution in [0.15, 0.2) is 29.1 Å². The molecule has 2 fully saturated rings. The van der Waals surface area contributed by atoms with Gasteiger partial charge >= 0.3 is 0 Å². The quantitative estimate of drug-likeness (QED) is 0.861. The molecule has 1 aromatic heterocycles. The van der Waals surface area contributed by atoms with E-state index < -0.39 is 0 Å². The molecule has 5 nitrogen and oxygen atoms in total. The van der Waals surface area contributed by atoms with Crippen molar-refractivity contribution in [3.8, 4) is 0 Å². The van der Waals surface area contributed by atoms with Gasteiger partial charge < -0.3 is 9.88 Å². The van der Waals surface area contributed by atoms with E-state index in [0.717, 1.165) is 74.9 Å². The summed E-state index contributed by atoms with van der Waals surface area (Å²) in [5, 5.41) is 1.08. The molecule has 2 heterocycles. The van der Waals surface area contributed by atoms with Crippen LogP contribution in [0.1, 0.15) is 51.2 Å². The lowest BCUT2D eigenvalue weighted by atomic mass is 9.90. The monoisotopic (exact) mass is 395 g/mol. The lowest BCUT2D eigenvalue weighted by Crippen LogP contribution is -2.49. The summed E-state index contributed by atoms with van der Waals surface area (Å²) >= 11 is 0. The van der Waals surface area contributed by atoms with E-state index >= 15 is 0 Å². The van der Waals surface area contributed by atoms with Crippen LogP contribution in [0.4, 0.5) is 0 Å². The van der Waals surface area contributed by atoms with Gasteiger partial charge in [0.25, 0.3) is 5.56 Å². The first kappa shape index (κ1) is 20.1. The number of pyridine rings is 1. The topological polar surface area (TPSA) is 56.4 Å². The Kier molecular flexibility index (Phi) is 5.52. The Morgan fingerprint density at radius 1 is 1.17 bits per heavy atom. The van der Waals surface area contributed by atoms with Gasteiger partial charge in [-0.05, 0) is 54.2 Å². The summed E-state index contributed by atoms with van der Waals surface area (Å²) < 4.78 is 0. The Morgan fingerprint density at radius 3 is 2.59 bits per heavy atom. The van der Waals surface area contributed by atoms with Crippen LogP contribution in [-0.4, -0.2) is 46.9 Å². The van der Waals surface area contributed by atoms with Crippen LogP contribution in [0.2, 0.25) is 0 Å². The number of hydrogen-bond acceptors (Lipinski definition) is 3. The third kappa shape index (κ3) is 4.40. The molecule has 1 aromatic carbocycles. The molecule has 2 aliphatic rings. The van der Waals surface area contributed by atoms with Crippen molar-refractivity contribution >= 4 is 16.8 Å². The van der Waals surface area contributed by atoms with E-state index in [1.165, 1.54) is 5.56 Å². The fourth-order valence-electron chi connectivity index (χ4n) is 4.94. The van der Waals surface area contributed by atoms with Crippen molar-refractivity contribution in [3.63, 3.8) is 0 Å². The number of aryl methyl sites for hydroxylation is 1. The fourth-order valence-corrected chi connectivity index (χ4v) is 4.94. The second kappa shape index (κ2) is 7.94. The molecule has 0 bridgehead atoms. The highest BCUT2D eigenvalue weighted by atomic mass is 16.2. The summed E-state index contributed by atoms with van der Waals surface area (Å²) in [6.07, 6.45) is 3.98. The highest BCUT2D eigenvalue weighted by Crippen LogP contribution is 2.41. The van der Waals surface area contributed by atoms with Gasteiger partial charge in [-0.1, -0.05) is 32.9 Å². The highest BCUT2D eigenvalue weighted by molar-refractivity contribution is 5.80. The van der Waals surface area contributed by atoms with Crippen molar-refractivity contribution in [2.75, 3.05) is 26.2 Å². The number of aromatic amines is 1. The van der Waals surface area contributed by atoms with Crippen molar-refractivity contribution in [1.82, 2.24) is 14.8 Å². The number of aromatic nitrogens is 1. The Hall–Kier alpha value is -2.14. The largest absolute Gasteiger partial charge is 0.340 e. The minimum atomic E-state index is 0.0133. The first-order valence-corrected chi connectivity index (χ1v) is 11.0. The van der Waals surface area contributed by atoms with E-state index in [2.05, 4.69) is 46.8 Å². The molecule has 5 heteroatoms. The van der Waals surface area contributed by atoms with Crippen molar-refractivity contribution in [2.24, 2.45) is 11.3 Å². The van der Waals surface area contributed by atoms with Gasteiger partial charge in [0.05, 0.1) is 0 Å². The van der Waals surface area contributed by atoms with E-state index in [4.69, 9.17) is 0 Å². The van der Waals surface area contributed by atoms with Crippen molar-refractivity contribution in [3.05, 3.63) is 45.7 Å². The summed E-state index contributed by atoms with van der Waals surface area (Å²) in [5.41, 5.74) is 3.27. The first-order chi connectivity index (χ1) is 13.8. The molecule has 1 saturated heterocycles. The van der Waals surface area contributed by atoms with Crippen LogP contribution in [0.25, 0.3) is 10.9 Å². The number of carbonyl (C=O) groups is 1. The Balaban J connectivity index is 1.36. The zero-order valence-corrected chi connectivity index (χ0v) is 18.0. The third-order valence-electron chi connectivity index (χ3n) is 6.78. The van der Waals surface area contributed by atoms with Gasteiger partial charge in [0.2, 0.25) is 5.91 Å². The minimum absolute atomic E-state index is 0.0133. The van der Waals surface area contributed by atoms with Gasteiger partial charge in [0, 0.05) is 49.7 Å². The number of amides is 1. The molecular formula is C24H33N3O2. The van der Waals surface area contributed by atoms with E-state index in [-0.39, 0.29) is 11.5 Å². The van der Waals surface area contributed by atoms with E-state index in [1.54, 1.807) is 0 Å². The Morgan fingerprint density at radius 2 is 1.93 bits per heavy atom. The van der Waals surface area contributed by atoms with Crippen LogP contribution >= 0.6 is 0 Å². The van der Waals surface area contributed by atoms with Crippen LogP contribution < -0.4 is 5.56 Å². The molecule has 1 unspecified atom stereocenters. The van der Waals surface area contributed by atoms with Crippen LogP contribution in [0.5, 0.6) is 0 Å². The first-order valence-electron chi connectivity index (χ1n) is 11.0. The number of nitrogens with zero attached hydrogens (tertiary/aromatic N) is 2. The zero-order chi connectivity index (χ0) is 20.6. The number of benzene rings is 1. The van der Waals surface area contributed by atoms with Gasteiger partial charge in [-0.3, -0.25) is 14.5 Å². The Bertz CT molecular complexity index is 954. The van der Waals surface area contributed by atoms with Crippen molar-refractivity contribution < 1.29 is 4.79 Å². The molecule has 1 aliphatic carbocycles. The van der Waals surface area contributed by atoms with Gasteiger partial charge in [0.1, 0.15) is 0 Å².